The minimum Gasteiger partial charge on any atom is -0.506 e. The number of carbonyl (C=O) groups excluding carboxylic acids is 1. The average molecular weight is 332 g/mol. The third-order valence-electron chi connectivity index (χ3n) is 3.57. The molecule has 22 heavy (non-hydrogen) atoms. The van der Waals surface area contributed by atoms with Gasteiger partial charge in [0.15, 0.2) is 5.82 Å². The van der Waals surface area contributed by atoms with Gasteiger partial charge in [-0.15, -0.1) is 0 Å². The number of ether oxygens (including phenoxy) is 2. The minimum atomic E-state index is -0.754. The fourth-order valence-corrected chi connectivity index (χ4v) is 2.35. The summed E-state index contributed by atoms with van der Waals surface area (Å²) < 4.78 is 24.6. The van der Waals surface area contributed by atoms with Gasteiger partial charge in [0, 0.05) is 18.2 Å². The van der Waals surface area contributed by atoms with Crippen molar-refractivity contribution in [1.82, 2.24) is 5.32 Å². The van der Waals surface area contributed by atoms with Gasteiger partial charge in [0.05, 0.1) is 13.2 Å². The van der Waals surface area contributed by atoms with Crippen LogP contribution in [0, 0.1) is 5.82 Å². The van der Waals surface area contributed by atoms with Gasteiger partial charge >= 0.3 is 5.97 Å². The van der Waals surface area contributed by atoms with Crippen molar-refractivity contribution in [2.24, 2.45) is 0 Å². The quantitative estimate of drug-likeness (QED) is 0.752. The first kappa shape index (κ1) is 16.8. The lowest BCUT2D eigenvalue weighted by atomic mass is 10.1. The van der Waals surface area contributed by atoms with E-state index in [4.69, 9.17) is 21.1 Å². The first-order valence-electron chi connectivity index (χ1n) is 7.20. The number of hydrogen-bond acceptors (Lipinski definition) is 5. The number of esters is 1. The molecule has 5 nitrogen and oxygen atoms in total. The Morgan fingerprint density at radius 3 is 2.68 bits per heavy atom. The molecule has 0 unspecified atom stereocenters. The van der Waals surface area contributed by atoms with Crippen LogP contribution < -0.4 is 10.1 Å². The molecule has 0 spiro atoms. The molecule has 1 aromatic rings. The Balaban J connectivity index is 2.19. The van der Waals surface area contributed by atoms with Crippen LogP contribution >= 0.6 is 11.6 Å². The Kier molecular flexibility index (Phi) is 5.13. The van der Waals surface area contributed by atoms with Gasteiger partial charge in [-0.2, -0.15) is 0 Å². The molecule has 2 N–H and O–H groups in total. The summed E-state index contributed by atoms with van der Waals surface area (Å²) >= 11 is 5.73. The molecule has 0 aliphatic heterocycles. The van der Waals surface area contributed by atoms with Gasteiger partial charge in [-0.25, -0.2) is 4.39 Å². The predicted octanol–water partition coefficient (Wildman–Crippen LogP) is 2.77. The molecule has 0 saturated heterocycles. The van der Waals surface area contributed by atoms with Crippen molar-refractivity contribution in [1.29, 1.82) is 0 Å². The molecule has 1 saturated carbocycles. The largest absolute Gasteiger partial charge is 0.506 e. The second-order valence-electron chi connectivity index (χ2n) is 5.09. The summed E-state index contributed by atoms with van der Waals surface area (Å²) in [6, 6.07) is 1.27. The highest BCUT2D eigenvalue weighted by atomic mass is 35.5. The van der Waals surface area contributed by atoms with Gasteiger partial charge in [-0.1, -0.05) is 11.6 Å². The maximum Gasteiger partial charge on any atom is 0.326 e. The Morgan fingerprint density at radius 2 is 2.14 bits per heavy atom. The van der Waals surface area contributed by atoms with Crippen molar-refractivity contribution in [3.63, 3.8) is 0 Å². The van der Waals surface area contributed by atoms with Gasteiger partial charge in [-0.3, -0.25) is 10.1 Å². The number of hydrogen-bond donors (Lipinski definition) is 2. The Labute approximate surface area is 133 Å². The van der Waals surface area contributed by atoms with Crippen LogP contribution in [0.2, 0.25) is 5.02 Å². The smallest absolute Gasteiger partial charge is 0.326 e. The van der Waals surface area contributed by atoms with E-state index in [-0.39, 0.29) is 34.6 Å². The lowest BCUT2D eigenvalue weighted by molar-refractivity contribution is -0.147. The standard InChI is InChI=1S/C15H19ClFNO4/c1-3-21-11-7-10(19)12(16)13(17)9(11)8-18-15(5-6-15)14(20)22-4-2/h7,18-19H,3-6,8H2,1-2H3. The molecule has 0 atom stereocenters. The summed E-state index contributed by atoms with van der Waals surface area (Å²) in [5.74, 6) is -1.26. The second-order valence-corrected chi connectivity index (χ2v) is 5.47. The molecular formula is C15H19ClFNO4. The summed E-state index contributed by atoms with van der Waals surface area (Å²) in [6.07, 6.45) is 1.28. The van der Waals surface area contributed by atoms with Gasteiger partial charge in [0.1, 0.15) is 22.1 Å². The van der Waals surface area contributed by atoms with E-state index in [1.54, 1.807) is 13.8 Å². The Hall–Kier alpha value is -1.53. The van der Waals surface area contributed by atoms with Crippen LogP contribution in [-0.2, 0) is 16.1 Å². The van der Waals surface area contributed by atoms with Crippen LogP contribution in [0.25, 0.3) is 0 Å². The van der Waals surface area contributed by atoms with E-state index in [1.807, 2.05) is 0 Å². The van der Waals surface area contributed by atoms with E-state index in [0.29, 0.717) is 26.1 Å². The fourth-order valence-electron chi connectivity index (χ4n) is 2.18. The SMILES string of the molecule is CCOC(=O)C1(NCc2c(OCC)cc(O)c(Cl)c2F)CC1. The van der Waals surface area contributed by atoms with E-state index < -0.39 is 11.4 Å². The Morgan fingerprint density at radius 1 is 1.45 bits per heavy atom. The molecule has 0 heterocycles. The highest BCUT2D eigenvalue weighted by molar-refractivity contribution is 6.32. The molecular weight excluding hydrogens is 313 g/mol. The van der Waals surface area contributed by atoms with E-state index in [9.17, 15) is 14.3 Å². The third kappa shape index (κ3) is 3.28. The number of halogens is 2. The molecule has 1 aliphatic carbocycles. The molecule has 7 heteroatoms. The number of phenols is 1. The number of phenolic OH excluding ortho intramolecular Hbond substituents is 1. The molecule has 0 amide bonds. The molecule has 0 radical (unpaired) electrons. The molecule has 0 bridgehead atoms. The fraction of sp³-hybridized carbons (Fsp3) is 0.533. The highest BCUT2D eigenvalue weighted by Gasteiger charge is 2.51. The van der Waals surface area contributed by atoms with Crippen molar-refractivity contribution in [2.75, 3.05) is 13.2 Å². The first-order chi connectivity index (χ1) is 10.4. The van der Waals surface area contributed by atoms with Crippen molar-refractivity contribution in [3.8, 4) is 11.5 Å². The zero-order valence-electron chi connectivity index (χ0n) is 12.5. The van der Waals surface area contributed by atoms with Crippen molar-refractivity contribution >= 4 is 17.6 Å². The third-order valence-corrected chi connectivity index (χ3v) is 3.93. The zero-order valence-corrected chi connectivity index (χ0v) is 13.3. The molecule has 1 aliphatic rings. The Bertz CT molecular complexity index is 575. The summed E-state index contributed by atoms with van der Waals surface area (Å²) in [5.41, 5.74) is -0.573. The van der Waals surface area contributed by atoms with Gasteiger partial charge in [0.25, 0.3) is 0 Å². The van der Waals surface area contributed by atoms with E-state index >= 15 is 0 Å². The van der Waals surface area contributed by atoms with Crippen LogP contribution in [0.1, 0.15) is 32.3 Å². The van der Waals surface area contributed by atoms with Gasteiger partial charge in [-0.05, 0) is 26.7 Å². The molecule has 0 aromatic heterocycles. The lowest BCUT2D eigenvalue weighted by Crippen LogP contribution is -2.40. The summed E-state index contributed by atoms with van der Waals surface area (Å²) in [4.78, 5) is 11.9. The van der Waals surface area contributed by atoms with Crippen LogP contribution in [-0.4, -0.2) is 29.8 Å². The van der Waals surface area contributed by atoms with E-state index in [2.05, 4.69) is 5.32 Å². The lowest BCUT2D eigenvalue weighted by Gasteiger charge is -2.18. The van der Waals surface area contributed by atoms with Crippen molar-refractivity contribution in [3.05, 3.63) is 22.5 Å². The summed E-state index contributed by atoms with van der Waals surface area (Å²) in [7, 11) is 0. The molecule has 122 valence electrons. The van der Waals surface area contributed by atoms with E-state index in [1.165, 1.54) is 6.07 Å². The predicted molar refractivity (Wildman–Crippen MR) is 79.7 cm³/mol. The van der Waals surface area contributed by atoms with Crippen LogP contribution in [0.15, 0.2) is 6.07 Å². The molecule has 1 fully saturated rings. The highest BCUT2D eigenvalue weighted by Crippen LogP contribution is 2.39. The number of rotatable bonds is 7. The minimum absolute atomic E-state index is 0.0555. The monoisotopic (exact) mass is 331 g/mol. The first-order valence-corrected chi connectivity index (χ1v) is 7.58. The summed E-state index contributed by atoms with van der Waals surface area (Å²) in [6.45, 7) is 4.16. The average Bonchev–Trinajstić information content (AvgIpc) is 3.26. The molecule has 2 rings (SSSR count). The van der Waals surface area contributed by atoms with Crippen LogP contribution in [0.4, 0.5) is 4.39 Å². The topological polar surface area (TPSA) is 67.8 Å². The van der Waals surface area contributed by atoms with Crippen molar-refractivity contribution < 1.29 is 23.8 Å². The van der Waals surface area contributed by atoms with E-state index in [0.717, 1.165) is 0 Å². The number of benzene rings is 1. The van der Waals surface area contributed by atoms with Gasteiger partial charge in [0.2, 0.25) is 0 Å². The maximum atomic E-state index is 14.3. The van der Waals surface area contributed by atoms with Crippen molar-refractivity contribution in [2.45, 2.75) is 38.8 Å². The van der Waals surface area contributed by atoms with Crippen LogP contribution in [0.5, 0.6) is 11.5 Å². The van der Waals surface area contributed by atoms with Crippen LogP contribution in [0.3, 0.4) is 0 Å². The second kappa shape index (κ2) is 6.71. The van der Waals surface area contributed by atoms with Gasteiger partial charge < -0.3 is 14.6 Å². The zero-order chi connectivity index (χ0) is 16.3. The number of aromatic hydroxyl groups is 1. The number of nitrogens with one attached hydrogen (secondary N) is 1. The normalized spacial score (nSPS) is 15.5. The maximum absolute atomic E-state index is 14.3. The number of carbonyl (C=O) groups is 1. The summed E-state index contributed by atoms with van der Waals surface area (Å²) in [5, 5.41) is 12.2. The molecule has 1 aromatic carbocycles.